The van der Waals surface area contributed by atoms with E-state index in [0.717, 1.165) is 15.4 Å². The van der Waals surface area contributed by atoms with Crippen LogP contribution in [-0.2, 0) is 6.54 Å². The lowest BCUT2D eigenvalue weighted by Gasteiger charge is -2.06. The van der Waals surface area contributed by atoms with Gasteiger partial charge < -0.3 is 0 Å². The van der Waals surface area contributed by atoms with E-state index < -0.39 is 0 Å². The maximum atomic E-state index is 11.6. The van der Waals surface area contributed by atoms with Gasteiger partial charge in [-0.15, -0.1) is 6.42 Å². The molecule has 0 spiro atoms. The largest absolute Gasteiger partial charge is 0.297 e. The lowest BCUT2D eigenvalue weighted by molar-refractivity contribution is 0.836. The van der Waals surface area contributed by atoms with Crippen molar-refractivity contribution in [2.75, 3.05) is 0 Å². The number of nitrogens with zero attached hydrogens (tertiary/aromatic N) is 1. The molecule has 2 aromatic rings. The summed E-state index contributed by atoms with van der Waals surface area (Å²) in [5, 5.41) is 0.999. The van der Waals surface area contributed by atoms with Crippen molar-refractivity contribution in [3.8, 4) is 12.3 Å². The Hall–Kier alpha value is -1.53. The third-order valence-electron chi connectivity index (χ3n) is 2.20. The standard InChI is InChI=1S/C12H8BrNO/c1-2-7-14-11-5-4-10(13)8-9(11)3-6-12(14)15/h1,3-6,8H,7H2. The SMILES string of the molecule is C#CCn1c(=O)ccc2cc(Br)ccc21. The smallest absolute Gasteiger partial charge is 0.251 e. The van der Waals surface area contributed by atoms with Crippen molar-refractivity contribution < 1.29 is 0 Å². The third kappa shape index (κ3) is 1.81. The van der Waals surface area contributed by atoms with Crippen molar-refractivity contribution in [3.05, 3.63) is 45.2 Å². The molecule has 0 radical (unpaired) electrons. The molecular formula is C12H8BrNO. The lowest BCUT2D eigenvalue weighted by atomic mass is 10.2. The van der Waals surface area contributed by atoms with Crippen molar-refractivity contribution in [1.82, 2.24) is 4.57 Å². The van der Waals surface area contributed by atoms with E-state index in [0.29, 0.717) is 6.54 Å². The predicted molar refractivity (Wildman–Crippen MR) is 64.7 cm³/mol. The monoisotopic (exact) mass is 261 g/mol. The average Bonchev–Trinajstić information content (AvgIpc) is 2.22. The highest BCUT2D eigenvalue weighted by Gasteiger charge is 2.01. The van der Waals surface area contributed by atoms with Crippen LogP contribution in [0.25, 0.3) is 10.9 Å². The number of rotatable bonds is 1. The summed E-state index contributed by atoms with van der Waals surface area (Å²) in [5.41, 5.74) is 0.798. The first-order valence-corrected chi connectivity index (χ1v) is 5.24. The van der Waals surface area contributed by atoms with Crippen LogP contribution in [0.4, 0.5) is 0 Å². The fourth-order valence-electron chi connectivity index (χ4n) is 1.53. The minimum atomic E-state index is -0.0669. The van der Waals surface area contributed by atoms with Crippen molar-refractivity contribution >= 4 is 26.8 Å². The molecule has 2 nitrogen and oxygen atoms in total. The number of halogens is 1. The molecule has 0 saturated heterocycles. The Morgan fingerprint density at radius 1 is 1.33 bits per heavy atom. The van der Waals surface area contributed by atoms with Gasteiger partial charge in [0, 0.05) is 10.5 Å². The zero-order valence-electron chi connectivity index (χ0n) is 7.90. The molecule has 1 aromatic carbocycles. The number of aromatic nitrogens is 1. The summed E-state index contributed by atoms with van der Waals surface area (Å²) >= 11 is 3.39. The Balaban J connectivity index is 2.83. The molecule has 0 saturated carbocycles. The highest BCUT2D eigenvalue weighted by atomic mass is 79.9. The molecule has 15 heavy (non-hydrogen) atoms. The number of benzene rings is 1. The zero-order valence-corrected chi connectivity index (χ0v) is 9.49. The molecule has 2 rings (SSSR count). The second-order valence-electron chi connectivity index (χ2n) is 3.16. The summed E-state index contributed by atoms with van der Waals surface area (Å²) in [6.45, 7) is 0.303. The van der Waals surface area contributed by atoms with Crippen LogP contribution in [-0.4, -0.2) is 4.57 Å². The molecule has 74 valence electrons. The van der Waals surface area contributed by atoms with E-state index in [2.05, 4.69) is 21.9 Å². The number of terminal acetylenes is 1. The Labute approximate surface area is 95.7 Å². The minimum Gasteiger partial charge on any atom is -0.297 e. The lowest BCUT2D eigenvalue weighted by Crippen LogP contribution is -2.18. The van der Waals surface area contributed by atoms with Gasteiger partial charge in [0.1, 0.15) is 0 Å². The zero-order chi connectivity index (χ0) is 10.8. The maximum absolute atomic E-state index is 11.6. The molecule has 1 aromatic heterocycles. The predicted octanol–water partition coefficient (Wildman–Crippen LogP) is 2.40. The minimum absolute atomic E-state index is 0.0669. The quantitative estimate of drug-likeness (QED) is 0.723. The Morgan fingerprint density at radius 2 is 2.13 bits per heavy atom. The highest BCUT2D eigenvalue weighted by molar-refractivity contribution is 9.10. The van der Waals surface area contributed by atoms with Crippen molar-refractivity contribution in [2.24, 2.45) is 0 Å². The third-order valence-corrected chi connectivity index (χ3v) is 2.69. The van der Waals surface area contributed by atoms with Gasteiger partial charge in [-0.05, 0) is 29.7 Å². The molecular weight excluding hydrogens is 254 g/mol. The molecule has 0 unspecified atom stereocenters. The van der Waals surface area contributed by atoms with Gasteiger partial charge in [-0.3, -0.25) is 9.36 Å². The van der Waals surface area contributed by atoms with E-state index in [1.807, 2.05) is 18.2 Å². The average molecular weight is 262 g/mol. The summed E-state index contributed by atoms with van der Waals surface area (Å²) in [7, 11) is 0. The van der Waals surface area contributed by atoms with Crippen LogP contribution in [0.15, 0.2) is 39.6 Å². The molecule has 0 atom stereocenters. The Morgan fingerprint density at radius 3 is 2.87 bits per heavy atom. The van der Waals surface area contributed by atoms with E-state index in [-0.39, 0.29) is 5.56 Å². The van der Waals surface area contributed by atoms with Gasteiger partial charge >= 0.3 is 0 Å². The molecule has 0 fully saturated rings. The molecule has 0 aliphatic rings. The van der Waals surface area contributed by atoms with Gasteiger partial charge in [0.25, 0.3) is 5.56 Å². The Bertz CT molecular complexity index is 607. The van der Waals surface area contributed by atoms with Crippen LogP contribution in [0.5, 0.6) is 0 Å². The van der Waals surface area contributed by atoms with Crippen LogP contribution in [0.1, 0.15) is 0 Å². The first-order valence-electron chi connectivity index (χ1n) is 4.45. The molecule has 0 aliphatic heterocycles. The van der Waals surface area contributed by atoms with Crippen LogP contribution >= 0.6 is 15.9 Å². The van der Waals surface area contributed by atoms with E-state index >= 15 is 0 Å². The van der Waals surface area contributed by atoms with Crippen LogP contribution in [0, 0.1) is 12.3 Å². The number of hydrogen-bond donors (Lipinski definition) is 0. The number of pyridine rings is 1. The summed E-state index contributed by atoms with van der Waals surface area (Å²) < 4.78 is 2.57. The molecule has 0 bridgehead atoms. The fourth-order valence-corrected chi connectivity index (χ4v) is 1.91. The van der Waals surface area contributed by atoms with Crippen LogP contribution < -0.4 is 5.56 Å². The first-order chi connectivity index (χ1) is 7.22. The fraction of sp³-hybridized carbons (Fsp3) is 0.0833. The van der Waals surface area contributed by atoms with Gasteiger partial charge in [0.05, 0.1) is 12.1 Å². The normalized spacial score (nSPS) is 10.1. The second kappa shape index (κ2) is 3.92. The molecule has 0 N–H and O–H groups in total. The van der Waals surface area contributed by atoms with E-state index in [9.17, 15) is 4.79 Å². The van der Waals surface area contributed by atoms with Crippen molar-refractivity contribution in [3.63, 3.8) is 0 Å². The molecule has 1 heterocycles. The Kier molecular flexibility index (Phi) is 2.61. The molecule has 0 aliphatic carbocycles. The van der Waals surface area contributed by atoms with E-state index in [1.165, 1.54) is 6.07 Å². The van der Waals surface area contributed by atoms with Crippen LogP contribution in [0.3, 0.4) is 0 Å². The summed E-state index contributed by atoms with van der Waals surface area (Å²) in [4.78, 5) is 11.6. The van der Waals surface area contributed by atoms with Gasteiger partial charge in [-0.1, -0.05) is 21.9 Å². The number of fused-ring (bicyclic) bond motifs is 1. The van der Waals surface area contributed by atoms with E-state index in [4.69, 9.17) is 6.42 Å². The first kappa shape index (κ1) is 10.0. The van der Waals surface area contributed by atoms with Crippen LogP contribution in [0.2, 0.25) is 0 Å². The summed E-state index contributed by atoms with van der Waals surface area (Å²) in [6, 6.07) is 9.08. The highest BCUT2D eigenvalue weighted by Crippen LogP contribution is 2.18. The second-order valence-corrected chi connectivity index (χ2v) is 4.08. The van der Waals surface area contributed by atoms with Crippen molar-refractivity contribution in [2.45, 2.75) is 6.54 Å². The van der Waals surface area contributed by atoms with E-state index in [1.54, 1.807) is 10.6 Å². The summed E-state index contributed by atoms with van der Waals surface area (Å²) in [5.74, 6) is 2.48. The van der Waals surface area contributed by atoms with Gasteiger partial charge in [-0.2, -0.15) is 0 Å². The number of hydrogen-bond acceptors (Lipinski definition) is 1. The summed E-state index contributed by atoms with van der Waals surface area (Å²) in [6.07, 6.45) is 5.23. The van der Waals surface area contributed by atoms with Gasteiger partial charge in [0.2, 0.25) is 0 Å². The van der Waals surface area contributed by atoms with Gasteiger partial charge in [-0.25, -0.2) is 0 Å². The molecule has 3 heteroatoms. The van der Waals surface area contributed by atoms with Gasteiger partial charge in [0.15, 0.2) is 0 Å². The maximum Gasteiger partial charge on any atom is 0.251 e. The van der Waals surface area contributed by atoms with Crippen molar-refractivity contribution in [1.29, 1.82) is 0 Å². The molecule has 0 amide bonds. The topological polar surface area (TPSA) is 22.0 Å².